The van der Waals surface area contributed by atoms with Crippen LogP contribution in [-0.4, -0.2) is 23.9 Å². The topological polar surface area (TPSA) is 20.3 Å². The smallest absolute Gasteiger partial charge is 0.255 e. The van der Waals surface area contributed by atoms with Gasteiger partial charge in [-0.05, 0) is 52.7 Å². The van der Waals surface area contributed by atoms with Crippen LogP contribution in [-0.2, 0) is 0 Å². The summed E-state index contributed by atoms with van der Waals surface area (Å²) in [5.74, 6) is 0.0510. The number of amides is 1. The fraction of sp³-hybridized carbons (Fsp3) is 0.533. The first kappa shape index (κ1) is 14.9. The van der Waals surface area contributed by atoms with E-state index >= 15 is 0 Å². The van der Waals surface area contributed by atoms with E-state index < -0.39 is 0 Å². The van der Waals surface area contributed by atoms with Gasteiger partial charge in [-0.3, -0.25) is 4.79 Å². The molecule has 0 unspecified atom stereocenters. The molecular weight excluding hydrogens is 326 g/mol. The van der Waals surface area contributed by atoms with E-state index in [4.69, 9.17) is 11.6 Å². The first-order valence-corrected chi connectivity index (χ1v) is 7.93. The number of nitrogens with zero attached hydrogens (tertiary/aromatic N) is 1. The van der Waals surface area contributed by atoms with Crippen molar-refractivity contribution in [2.24, 2.45) is 5.41 Å². The Hall–Kier alpha value is -0.540. The van der Waals surface area contributed by atoms with Gasteiger partial charge in [0.25, 0.3) is 5.91 Å². The highest BCUT2D eigenvalue weighted by atomic mass is 79.9. The van der Waals surface area contributed by atoms with Crippen molar-refractivity contribution in [3.05, 3.63) is 33.3 Å². The zero-order valence-corrected chi connectivity index (χ0v) is 13.7. The molecule has 1 amide bonds. The fourth-order valence-electron chi connectivity index (χ4n) is 2.77. The average molecular weight is 345 g/mol. The van der Waals surface area contributed by atoms with E-state index in [1.165, 1.54) is 0 Å². The summed E-state index contributed by atoms with van der Waals surface area (Å²) in [4.78, 5) is 14.5. The van der Waals surface area contributed by atoms with E-state index in [1.807, 2.05) is 17.0 Å². The van der Waals surface area contributed by atoms with Crippen molar-refractivity contribution in [2.45, 2.75) is 33.1 Å². The molecule has 0 N–H and O–H groups in total. The van der Waals surface area contributed by atoms with Crippen LogP contribution < -0.4 is 0 Å². The standard InChI is InChI=1S/C15H19BrClNO/c1-3-15(4-2)8-9-18(10-15)14(19)11-6-5-7-12(16)13(11)17/h5-7H,3-4,8-10H2,1-2H3. The van der Waals surface area contributed by atoms with Gasteiger partial charge in [-0.1, -0.05) is 31.5 Å². The van der Waals surface area contributed by atoms with Gasteiger partial charge in [0.15, 0.2) is 0 Å². The Morgan fingerprint density at radius 3 is 2.68 bits per heavy atom. The molecule has 2 rings (SSSR count). The van der Waals surface area contributed by atoms with Crippen LogP contribution in [0.5, 0.6) is 0 Å². The number of hydrogen-bond acceptors (Lipinski definition) is 1. The van der Waals surface area contributed by atoms with Crippen molar-refractivity contribution in [3.63, 3.8) is 0 Å². The summed E-state index contributed by atoms with van der Waals surface area (Å²) >= 11 is 9.58. The van der Waals surface area contributed by atoms with Gasteiger partial charge in [-0.2, -0.15) is 0 Å². The monoisotopic (exact) mass is 343 g/mol. The lowest BCUT2D eigenvalue weighted by molar-refractivity contribution is 0.0770. The lowest BCUT2D eigenvalue weighted by Gasteiger charge is -2.26. The van der Waals surface area contributed by atoms with Gasteiger partial charge in [-0.25, -0.2) is 0 Å². The van der Waals surface area contributed by atoms with Gasteiger partial charge in [0.05, 0.1) is 10.6 Å². The summed E-state index contributed by atoms with van der Waals surface area (Å²) in [6, 6.07) is 5.50. The molecule has 19 heavy (non-hydrogen) atoms. The van der Waals surface area contributed by atoms with Crippen molar-refractivity contribution in [1.29, 1.82) is 0 Å². The summed E-state index contributed by atoms with van der Waals surface area (Å²) in [5.41, 5.74) is 0.896. The number of benzene rings is 1. The first-order chi connectivity index (χ1) is 9.03. The van der Waals surface area contributed by atoms with E-state index in [0.717, 1.165) is 36.8 Å². The van der Waals surface area contributed by atoms with Crippen molar-refractivity contribution in [2.75, 3.05) is 13.1 Å². The summed E-state index contributed by atoms with van der Waals surface area (Å²) < 4.78 is 0.774. The third-order valence-electron chi connectivity index (χ3n) is 4.41. The Morgan fingerprint density at radius 2 is 2.11 bits per heavy atom. The minimum atomic E-state index is 0.0510. The minimum Gasteiger partial charge on any atom is -0.338 e. The maximum absolute atomic E-state index is 12.6. The second-order valence-electron chi connectivity index (χ2n) is 5.29. The number of hydrogen-bond donors (Lipinski definition) is 0. The maximum Gasteiger partial charge on any atom is 0.255 e. The predicted molar refractivity (Wildman–Crippen MR) is 82.7 cm³/mol. The molecule has 1 aliphatic heterocycles. The largest absolute Gasteiger partial charge is 0.338 e. The molecule has 0 spiro atoms. The SMILES string of the molecule is CCC1(CC)CCN(C(=O)c2cccc(Br)c2Cl)C1. The molecule has 1 aliphatic rings. The van der Waals surface area contributed by atoms with Crippen LogP contribution in [0.15, 0.2) is 22.7 Å². The molecule has 0 saturated carbocycles. The Morgan fingerprint density at radius 1 is 1.42 bits per heavy atom. The normalized spacial score (nSPS) is 17.8. The predicted octanol–water partition coefficient (Wildman–Crippen LogP) is 4.75. The second kappa shape index (κ2) is 5.84. The average Bonchev–Trinajstić information content (AvgIpc) is 2.86. The van der Waals surface area contributed by atoms with Crippen LogP contribution in [0.25, 0.3) is 0 Å². The van der Waals surface area contributed by atoms with E-state index in [1.54, 1.807) is 6.07 Å². The van der Waals surface area contributed by atoms with Crippen LogP contribution >= 0.6 is 27.5 Å². The molecule has 4 heteroatoms. The summed E-state index contributed by atoms with van der Waals surface area (Å²) in [6.07, 6.45) is 3.34. The van der Waals surface area contributed by atoms with Gasteiger partial charge in [0, 0.05) is 17.6 Å². The molecule has 1 aromatic rings. The Balaban J connectivity index is 2.20. The van der Waals surface area contributed by atoms with E-state index in [0.29, 0.717) is 16.0 Å². The van der Waals surface area contributed by atoms with Gasteiger partial charge in [-0.15, -0.1) is 0 Å². The molecule has 0 atom stereocenters. The molecule has 0 aliphatic carbocycles. The molecule has 0 bridgehead atoms. The molecule has 1 saturated heterocycles. The minimum absolute atomic E-state index is 0.0510. The zero-order valence-electron chi connectivity index (χ0n) is 11.4. The van der Waals surface area contributed by atoms with E-state index in [9.17, 15) is 4.79 Å². The Bertz CT molecular complexity index is 485. The van der Waals surface area contributed by atoms with Crippen molar-refractivity contribution in [1.82, 2.24) is 4.90 Å². The number of carbonyl (C=O) groups excluding carboxylic acids is 1. The molecule has 1 fully saturated rings. The highest BCUT2D eigenvalue weighted by Crippen LogP contribution is 2.38. The molecular formula is C15H19BrClNO. The lowest BCUT2D eigenvalue weighted by atomic mass is 9.82. The number of rotatable bonds is 3. The summed E-state index contributed by atoms with van der Waals surface area (Å²) in [7, 11) is 0. The third kappa shape index (κ3) is 2.82. The van der Waals surface area contributed by atoms with E-state index in [-0.39, 0.29) is 5.91 Å². The van der Waals surface area contributed by atoms with Crippen LogP contribution in [0.2, 0.25) is 5.02 Å². The fourth-order valence-corrected chi connectivity index (χ4v) is 3.35. The summed E-state index contributed by atoms with van der Waals surface area (Å²) in [5, 5.41) is 0.512. The Labute approximate surface area is 128 Å². The number of carbonyl (C=O) groups is 1. The number of likely N-dealkylation sites (tertiary alicyclic amines) is 1. The summed E-state index contributed by atoms with van der Waals surface area (Å²) in [6.45, 7) is 6.11. The highest BCUT2D eigenvalue weighted by molar-refractivity contribution is 9.10. The maximum atomic E-state index is 12.6. The van der Waals surface area contributed by atoms with Crippen LogP contribution in [0.4, 0.5) is 0 Å². The van der Waals surface area contributed by atoms with Crippen LogP contribution in [0.1, 0.15) is 43.5 Å². The molecule has 0 radical (unpaired) electrons. The van der Waals surface area contributed by atoms with E-state index in [2.05, 4.69) is 29.8 Å². The van der Waals surface area contributed by atoms with Gasteiger partial charge >= 0.3 is 0 Å². The van der Waals surface area contributed by atoms with Gasteiger partial charge in [0.2, 0.25) is 0 Å². The quantitative estimate of drug-likeness (QED) is 0.774. The van der Waals surface area contributed by atoms with Crippen LogP contribution in [0.3, 0.4) is 0 Å². The highest BCUT2D eigenvalue weighted by Gasteiger charge is 2.37. The lowest BCUT2D eigenvalue weighted by Crippen LogP contribution is -2.32. The zero-order chi connectivity index (χ0) is 14.0. The van der Waals surface area contributed by atoms with Gasteiger partial charge in [0.1, 0.15) is 0 Å². The molecule has 0 aromatic heterocycles. The molecule has 1 aromatic carbocycles. The first-order valence-electron chi connectivity index (χ1n) is 6.76. The van der Waals surface area contributed by atoms with Crippen molar-refractivity contribution in [3.8, 4) is 0 Å². The van der Waals surface area contributed by atoms with Gasteiger partial charge < -0.3 is 4.90 Å². The molecule has 1 heterocycles. The molecule has 2 nitrogen and oxygen atoms in total. The van der Waals surface area contributed by atoms with Crippen molar-refractivity contribution < 1.29 is 4.79 Å². The third-order valence-corrected chi connectivity index (χ3v) is 5.70. The number of halogens is 2. The van der Waals surface area contributed by atoms with Crippen molar-refractivity contribution >= 4 is 33.4 Å². The second-order valence-corrected chi connectivity index (χ2v) is 6.52. The molecule has 104 valence electrons. The Kier molecular flexibility index (Phi) is 4.57. The van der Waals surface area contributed by atoms with Crippen LogP contribution in [0, 0.1) is 5.41 Å².